The van der Waals surface area contributed by atoms with Gasteiger partial charge in [0.05, 0.1) is 12.7 Å². The van der Waals surface area contributed by atoms with Gasteiger partial charge in [-0.2, -0.15) is 4.57 Å². The zero-order valence-electron chi connectivity index (χ0n) is 13.1. The van der Waals surface area contributed by atoms with Crippen LogP contribution in [0.15, 0.2) is 43.0 Å². The molecule has 1 saturated heterocycles. The second kappa shape index (κ2) is 6.24. The van der Waals surface area contributed by atoms with Crippen LogP contribution in [0.25, 0.3) is 0 Å². The minimum atomic E-state index is 0. The molecule has 2 aliphatic rings. The van der Waals surface area contributed by atoms with Crippen LogP contribution in [0.5, 0.6) is 0 Å². The Kier molecular flexibility index (Phi) is 4.46. The van der Waals surface area contributed by atoms with Crippen LogP contribution in [0.2, 0.25) is 0 Å². The predicted molar refractivity (Wildman–Crippen MR) is 81.9 cm³/mol. The first kappa shape index (κ1) is 16.4. The van der Waals surface area contributed by atoms with Crippen LogP contribution in [0, 0.1) is 0 Å². The third-order valence-corrected chi connectivity index (χ3v) is 4.90. The Morgan fingerprint density at radius 2 is 2.00 bits per heavy atom. The zero-order chi connectivity index (χ0) is 15.2. The van der Waals surface area contributed by atoms with Crippen LogP contribution in [0.3, 0.4) is 0 Å². The number of amides is 1. The van der Waals surface area contributed by atoms with Crippen molar-refractivity contribution in [2.45, 2.75) is 18.3 Å². The molecule has 1 fully saturated rings. The van der Waals surface area contributed by atoms with Gasteiger partial charge in [0, 0.05) is 25.2 Å². The summed E-state index contributed by atoms with van der Waals surface area (Å²) in [7, 11) is 1.92. The molecule has 122 valence electrons. The molecule has 0 radical (unpaired) electrons. The number of carbonyl (C=O) groups excluding carboxylic acids is 1. The molecule has 23 heavy (non-hydrogen) atoms. The molecule has 3 heterocycles. The summed E-state index contributed by atoms with van der Waals surface area (Å²) in [4.78, 5) is 14.8. The standard InChI is InChI=1S/C17H20N3O2.HI/c1-18-8-9-19(13-18)16(21)20-12-17(6-10-22-11-7-17)14-4-2-3-5-15(14)20;/h2-5,8-9,13H,6-7,10-12H2,1H3;1H/q+1;/p-1. The number of anilines is 1. The molecule has 1 amide bonds. The molecule has 0 unspecified atom stereocenters. The number of hydrogen-bond acceptors (Lipinski definition) is 2. The Bertz CT molecular complexity index is 722. The predicted octanol–water partition coefficient (Wildman–Crippen LogP) is -1.15. The fourth-order valence-corrected chi connectivity index (χ4v) is 3.69. The van der Waals surface area contributed by atoms with Crippen molar-refractivity contribution in [1.29, 1.82) is 0 Å². The van der Waals surface area contributed by atoms with Crippen molar-refractivity contribution in [1.82, 2.24) is 4.57 Å². The van der Waals surface area contributed by atoms with E-state index in [1.807, 2.05) is 28.8 Å². The monoisotopic (exact) mass is 425 g/mol. The third kappa shape index (κ3) is 2.67. The Labute approximate surface area is 152 Å². The highest BCUT2D eigenvalue weighted by molar-refractivity contribution is 5.96. The van der Waals surface area contributed by atoms with Crippen molar-refractivity contribution in [2.75, 3.05) is 24.7 Å². The lowest BCUT2D eigenvalue weighted by molar-refractivity contribution is -0.670. The van der Waals surface area contributed by atoms with Gasteiger partial charge in [-0.05, 0) is 24.5 Å². The van der Waals surface area contributed by atoms with Gasteiger partial charge in [0.15, 0.2) is 0 Å². The zero-order valence-corrected chi connectivity index (χ0v) is 15.3. The van der Waals surface area contributed by atoms with E-state index in [1.54, 1.807) is 17.1 Å². The van der Waals surface area contributed by atoms with Crippen molar-refractivity contribution < 1.29 is 38.1 Å². The Morgan fingerprint density at radius 3 is 2.70 bits per heavy atom. The number of carbonyl (C=O) groups is 1. The smallest absolute Gasteiger partial charge is 0.420 e. The molecule has 1 aromatic heterocycles. The highest BCUT2D eigenvalue weighted by Gasteiger charge is 2.46. The normalized spacial score (nSPS) is 18.6. The van der Waals surface area contributed by atoms with Gasteiger partial charge in [0.1, 0.15) is 12.4 Å². The van der Waals surface area contributed by atoms with Crippen molar-refractivity contribution in [3.8, 4) is 0 Å². The summed E-state index contributed by atoms with van der Waals surface area (Å²) < 4.78 is 9.07. The number of benzene rings is 1. The lowest BCUT2D eigenvalue weighted by Crippen LogP contribution is -3.00. The number of rotatable bonds is 0. The highest BCUT2D eigenvalue weighted by atomic mass is 127. The molecule has 6 heteroatoms. The van der Waals surface area contributed by atoms with Crippen LogP contribution in [-0.2, 0) is 17.2 Å². The van der Waals surface area contributed by atoms with Gasteiger partial charge in [0.25, 0.3) is 6.33 Å². The summed E-state index contributed by atoms with van der Waals surface area (Å²) in [5.41, 5.74) is 2.40. The van der Waals surface area contributed by atoms with E-state index in [0.29, 0.717) is 0 Å². The van der Waals surface area contributed by atoms with Gasteiger partial charge in [-0.25, -0.2) is 9.36 Å². The minimum Gasteiger partial charge on any atom is -1.00 e. The lowest BCUT2D eigenvalue weighted by Gasteiger charge is -2.33. The minimum absolute atomic E-state index is 0. The molecule has 1 aromatic carbocycles. The number of para-hydroxylation sites is 1. The van der Waals surface area contributed by atoms with Crippen LogP contribution < -0.4 is 33.4 Å². The first-order chi connectivity index (χ1) is 10.7. The fraction of sp³-hybridized carbons (Fsp3) is 0.412. The van der Waals surface area contributed by atoms with Crippen LogP contribution >= 0.6 is 0 Å². The first-order valence-electron chi connectivity index (χ1n) is 7.72. The highest BCUT2D eigenvalue weighted by Crippen LogP contribution is 2.46. The second-order valence-corrected chi connectivity index (χ2v) is 6.26. The molecule has 1 spiro atoms. The number of fused-ring (bicyclic) bond motifs is 2. The van der Waals surface area contributed by atoms with E-state index in [4.69, 9.17) is 4.74 Å². The summed E-state index contributed by atoms with van der Waals surface area (Å²) in [6.07, 6.45) is 7.45. The van der Waals surface area contributed by atoms with E-state index in [1.165, 1.54) is 5.56 Å². The quantitative estimate of drug-likeness (QED) is 0.395. The number of imidazole rings is 1. The number of ether oxygens (including phenoxy) is 1. The largest absolute Gasteiger partial charge is 1.00 e. The molecule has 4 rings (SSSR count). The van der Waals surface area contributed by atoms with Crippen molar-refractivity contribution in [3.05, 3.63) is 48.5 Å². The Morgan fingerprint density at radius 1 is 1.26 bits per heavy atom. The molecule has 0 N–H and O–H groups in total. The number of aromatic nitrogens is 2. The van der Waals surface area contributed by atoms with Crippen LogP contribution in [-0.4, -0.2) is 30.4 Å². The van der Waals surface area contributed by atoms with Crippen molar-refractivity contribution in [3.63, 3.8) is 0 Å². The van der Waals surface area contributed by atoms with Gasteiger partial charge < -0.3 is 28.7 Å². The van der Waals surface area contributed by atoms with Gasteiger partial charge >= 0.3 is 6.03 Å². The summed E-state index contributed by atoms with van der Waals surface area (Å²) in [5, 5.41) is 0. The number of nitrogens with zero attached hydrogens (tertiary/aromatic N) is 3. The Balaban J connectivity index is 0.00000156. The average Bonchev–Trinajstić information content (AvgIpc) is 3.11. The van der Waals surface area contributed by atoms with E-state index in [9.17, 15) is 4.79 Å². The molecular formula is C17H20IN3O2. The van der Waals surface area contributed by atoms with Gasteiger partial charge in [-0.1, -0.05) is 18.2 Å². The topological polar surface area (TPSA) is 38.3 Å². The number of aryl methyl sites for hydroxylation is 1. The first-order valence-corrected chi connectivity index (χ1v) is 7.72. The average molecular weight is 425 g/mol. The van der Waals surface area contributed by atoms with E-state index >= 15 is 0 Å². The van der Waals surface area contributed by atoms with E-state index in [2.05, 4.69) is 18.2 Å². The molecule has 2 aromatic rings. The molecule has 5 nitrogen and oxygen atoms in total. The van der Waals surface area contributed by atoms with E-state index in [-0.39, 0.29) is 35.4 Å². The van der Waals surface area contributed by atoms with E-state index < -0.39 is 0 Å². The molecule has 2 aliphatic heterocycles. The van der Waals surface area contributed by atoms with Gasteiger partial charge in [-0.15, -0.1) is 0 Å². The summed E-state index contributed by atoms with van der Waals surface area (Å²) in [6, 6.07) is 8.31. The van der Waals surface area contributed by atoms with Crippen molar-refractivity contribution >= 4 is 11.7 Å². The van der Waals surface area contributed by atoms with Gasteiger partial charge in [0.2, 0.25) is 0 Å². The molecule has 0 bridgehead atoms. The SMILES string of the molecule is C[n+]1ccn(C(=O)N2CC3(CCOCC3)c3ccccc32)c1.[I-]. The summed E-state index contributed by atoms with van der Waals surface area (Å²) in [6.45, 7) is 2.29. The van der Waals surface area contributed by atoms with Crippen molar-refractivity contribution in [2.24, 2.45) is 7.05 Å². The number of halogens is 1. The third-order valence-electron chi connectivity index (χ3n) is 4.90. The molecule has 0 atom stereocenters. The lowest BCUT2D eigenvalue weighted by atomic mass is 9.76. The molecule has 0 aliphatic carbocycles. The van der Waals surface area contributed by atoms with E-state index in [0.717, 1.165) is 38.3 Å². The maximum Gasteiger partial charge on any atom is 0.420 e. The summed E-state index contributed by atoms with van der Waals surface area (Å²) >= 11 is 0. The van der Waals surface area contributed by atoms with Gasteiger partial charge in [-0.3, -0.25) is 4.90 Å². The summed E-state index contributed by atoms with van der Waals surface area (Å²) in [5.74, 6) is 0. The molecular weight excluding hydrogens is 405 g/mol. The van der Waals surface area contributed by atoms with Crippen LogP contribution in [0.1, 0.15) is 18.4 Å². The van der Waals surface area contributed by atoms with Crippen LogP contribution in [0.4, 0.5) is 10.5 Å². The maximum atomic E-state index is 12.9. The Hall–Kier alpha value is -1.41. The fourth-order valence-electron chi connectivity index (χ4n) is 3.69. The number of hydrogen-bond donors (Lipinski definition) is 0. The maximum absolute atomic E-state index is 12.9. The second-order valence-electron chi connectivity index (χ2n) is 6.26. The molecule has 0 saturated carbocycles.